The average molecular weight is 283 g/mol. The highest BCUT2D eigenvalue weighted by molar-refractivity contribution is 6.30. The average Bonchev–Trinajstić information content (AvgIpc) is 2.83. The number of hydrogen-bond acceptors (Lipinski definition) is 2. The van der Waals surface area contributed by atoms with Gasteiger partial charge in [0.2, 0.25) is 0 Å². The van der Waals surface area contributed by atoms with Crippen molar-refractivity contribution in [1.29, 1.82) is 0 Å². The van der Waals surface area contributed by atoms with Crippen molar-refractivity contribution in [2.75, 3.05) is 19.6 Å². The summed E-state index contributed by atoms with van der Waals surface area (Å²) in [6, 6.07) is 7.39. The van der Waals surface area contributed by atoms with E-state index in [1.807, 2.05) is 36.5 Å². The molecule has 3 N–H and O–H groups in total. The van der Waals surface area contributed by atoms with Crippen LogP contribution in [0.1, 0.15) is 18.5 Å². The zero-order valence-corrected chi connectivity index (χ0v) is 11.5. The first-order valence-corrected chi connectivity index (χ1v) is 6.62. The highest BCUT2D eigenvalue weighted by atomic mass is 35.5. The van der Waals surface area contributed by atoms with Crippen molar-refractivity contribution in [3.63, 3.8) is 0 Å². The number of benzene rings is 1. The van der Waals surface area contributed by atoms with E-state index in [4.69, 9.17) is 11.6 Å². The Hall–Kier alpha value is -1.59. The highest BCUT2D eigenvalue weighted by Gasteiger charge is 2.27. The van der Waals surface area contributed by atoms with Crippen molar-refractivity contribution in [2.24, 2.45) is 0 Å². The molecule has 1 aliphatic rings. The lowest BCUT2D eigenvalue weighted by Gasteiger charge is -2.14. The Labute approximate surface area is 116 Å². The Kier molecular flexibility index (Phi) is 4.39. The van der Waals surface area contributed by atoms with Gasteiger partial charge < -0.3 is 10.6 Å². The van der Waals surface area contributed by atoms with Crippen LogP contribution in [-0.2, 0) is 4.79 Å². The van der Waals surface area contributed by atoms with E-state index in [0.29, 0.717) is 18.1 Å². The van der Waals surface area contributed by atoms with Crippen LogP contribution in [0.25, 0.3) is 0 Å². The molecular weight excluding hydrogens is 266 g/mol. The number of quaternary nitrogens is 1. The van der Waals surface area contributed by atoms with Gasteiger partial charge in [-0.15, -0.1) is 0 Å². The molecule has 0 aliphatic carbocycles. The van der Waals surface area contributed by atoms with Gasteiger partial charge >= 0.3 is 6.03 Å². The molecule has 0 bridgehead atoms. The van der Waals surface area contributed by atoms with Crippen LogP contribution in [-0.4, -0.2) is 36.5 Å². The summed E-state index contributed by atoms with van der Waals surface area (Å²) in [5.74, 6) is -0.157. The topological polar surface area (TPSA) is 66.0 Å². The summed E-state index contributed by atoms with van der Waals surface area (Å²) in [6.07, 6.45) is 0. The molecule has 1 saturated heterocycles. The number of imide groups is 1. The molecule has 2 rings (SSSR count). The Morgan fingerprint density at radius 3 is 2.74 bits per heavy atom. The van der Waals surface area contributed by atoms with Gasteiger partial charge in [-0.1, -0.05) is 23.7 Å². The van der Waals surface area contributed by atoms with Crippen LogP contribution in [0.3, 0.4) is 0 Å². The fraction of sp³-hybridized carbons (Fsp3) is 0.385. The van der Waals surface area contributed by atoms with Crippen molar-refractivity contribution < 1.29 is 14.9 Å². The standard InChI is InChI=1S/C13H16ClN3O2/c1-9(10-2-4-11(14)5-3-10)16-8-12(18)17-7-6-15-13(17)19/h2-5,9,16H,6-8H2,1H3,(H,15,19)/p+1/t9-/m1/s1. The van der Waals surface area contributed by atoms with E-state index >= 15 is 0 Å². The van der Waals surface area contributed by atoms with Gasteiger partial charge in [-0.3, -0.25) is 9.69 Å². The van der Waals surface area contributed by atoms with Crippen molar-refractivity contribution >= 4 is 23.5 Å². The third-order valence-corrected chi connectivity index (χ3v) is 3.45. The molecule has 1 atom stereocenters. The van der Waals surface area contributed by atoms with E-state index < -0.39 is 0 Å². The SMILES string of the molecule is C[C@@H]([NH2+]CC(=O)N1CCNC1=O)c1ccc(Cl)cc1. The van der Waals surface area contributed by atoms with Crippen LogP contribution in [0.2, 0.25) is 5.02 Å². The van der Waals surface area contributed by atoms with E-state index in [0.717, 1.165) is 5.56 Å². The van der Waals surface area contributed by atoms with Gasteiger partial charge in [-0.05, 0) is 19.1 Å². The van der Waals surface area contributed by atoms with Gasteiger partial charge in [0, 0.05) is 23.7 Å². The number of hydrogen-bond donors (Lipinski definition) is 2. The predicted molar refractivity (Wildman–Crippen MR) is 71.8 cm³/mol. The fourth-order valence-corrected chi connectivity index (χ4v) is 2.13. The molecule has 0 saturated carbocycles. The number of urea groups is 1. The maximum Gasteiger partial charge on any atom is 0.324 e. The fourth-order valence-electron chi connectivity index (χ4n) is 2.00. The Balaban J connectivity index is 1.86. The minimum absolute atomic E-state index is 0.145. The molecule has 19 heavy (non-hydrogen) atoms. The van der Waals surface area contributed by atoms with Crippen LogP contribution in [0.15, 0.2) is 24.3 Å². The van der Waals surface area contributed by atoms with E-state index in [2.05, 4.69) is 5.32 Å². The molecule has 102 valence electrons. The van der Waals surface area contributed by atoms with E-state index in [9.17, 15) is 9.59 Å². The first-order chi connectivity index (χ1) is 9.08. The molecule has 1 aromatic carbocycles. The summed E-state index contributed by atoms with van der Waals surface area (Å²) in [5, 5.41) is 5.22. The molecule has 3 amide bonds. The minimum atomic E-state index is -0.294. The molecule has 0 aromatic heterocycles. The summed E-state index contributed by atoms with van der Waals surface area (Å²) in [4.78, 5) is 24.4. The summed E-state index contributed by atoms with van der Waals surface area (Å²) in [6.45, 7) is 3.27. The van der Waals surface area contributed by atoms with Crippen molar-refractivity contribution in [3.05, 3.63) is 34.9 Å². The summed E-state index contributed by atoms with van der Waals surface area (Å²) < 4.78 is 0. The molecule has 1 aliphatic heterocycles. The van der Waals surface area contributed by atoms with Gasteiger partial charge in [-0.25, -0.2) is 4.79 Å². The Morgan fingerprint density at radius 1 is 1.47 bits per heavy atom. The Bertz CT molecular complexity index is 475. The van der Waals surface area contributed by atoms with Crippen molar-refractivity contribution in [1.82, 2.24) is 10.2 Å². The number of nitrogens with two attached hydrogens (primary N) is 1. The molecular formula is C13H17ClN3O2+. The van der Waals surface area contributed by atoms with E-state index in [1.54, 1.807) is 0 Å². The molecule has 6 heteroatoms. The van der Waals surface area contributed by atoms with Gasteiger partial charge in [0.15, 0.2) is 6.54 Å². The smallest absolute Gasteiger partial charge is 0.324 e. The number of halogens is 1. The van der Waals surface area contributed by atoms with E-state index in [-0.39, 0.29) is 24.5 Å². The largest absolute Gasteiger partial charge is 0.336 e. The Morgan fingerprint density at radius 2 is 2.16 bits per heavy atom. The van der Waals surface area contributed by atoms with Gasteiger partial charge in [0.05, 0.1) is 0 Å². The zero-order valence-electron chi connectivity index (χ0n) is 10.7. The molecule has 1 fully saturated rings. The number of nitrogens with one attached hydrogen (secondary N) is 1. The molecule has 0 radical (unpaired) electrons. The second kappa shape index (κ2) is 6.04. The molecule has 0 spiro atoms. The molecule has 1 heterocycles. The summed E-state index contributed by atoms with van der Waals surface area (Å²) in [7, 11) is 0. The zero-order chi connectivity index (χ0) is 13.8. The third-order valence-electron chi connectivity index (χ3n) is 3.20. The maximum absolute atomic E-state index is 11.9. The van der Waals surface area contributed by atoms with E-state index in [1.165, 1.54) is 4.90 Å². The van der Waals surface area contributed by atoms with Crippen LogP contribution in [0.4, 0.5) is 4.79 Å². The summed E-state index contributed by atoms with van der Waals surface area (Å²) >= 11 is 5.83. The highest BCUT2D eigenvalue weighted by Crippen LogP contribution is 2.13. The number of rotatable bonds is 4. The lowest BCUT2D eigenvalue weighted by molar-refractivity contribution is -0.683. The van der Waals surface area contributed by atoms with Gasteiger partial charge in [-0.2, -0.15) is 0 Å². The van der Waals surface area contributed by atoms with Gasteiger partial charge in [0.1, 0.15) is 6.04 Å². The van der Waals surface area contributed by atoms with Crippen LogP contribution in [0.5, 0.6) is 0 Å². The number of nitrogens with zero attached hydrogens (tertiary/aromatic N) is 1. The third kappa shape index (κ3) is 3.45. The minimum Gasteiger partial charge on any atom is -0.336 e. The lowest BCUT2D eigenvalue weighted by Crippen LogP contribution is -2.87. The first-order valence-electron chi connectivity index (χ1n) is 6.25. The summed E-state index contributed by atoms with van der Waals surface area (Å²) in [5.41, 5.74) is 1.10. The van der Waals surface area contributed by atoms with Crippen LogP contribution < -0.4 is 10.6 Å². The van der Waals surface area contributed by atoms with Crippen LogP contribution >= 0.6 is 11.6 Å². The lowest BCUT2D eigenvalue weighted by atomic mass is 10.1. The normalized spacial score (nSPS) is 16.3. The predicted octanol–water partition coefficient (Wildman–Crippen LogP) is 0.516. The van der Waals surface area contributed by atoms with Gasteiger partial charge in [0.25, 0.3) is 5.91 Å². The quantitative estimate of drug-likeness (QED) is 0.845. The van der Waals surface area contributed by atoms with Crippen molar-refractivity contribution in [2.45, 2.75) is 13.0 Å². The second-order valence-corrected chi connectivity index (χ2v) is 4.99. The second-order valence-electron chi connectivity index (χ2n) is 4.56. The van der Waals surface area contributed by atoms with Crippen molar-refractivity contribution in [3.8, 4) is 0 Å². The monoisotopic (exact) mass is 282 g/mol. The first kappa shape index (κ1) is 13.8. The maximum atomic E-state index is 11.9. The number of amides is 3. The molecule has 0 unspecified atom stereocenters. The molecule has 1 aromatic rings. The molecule has 5 nitrogen and oxygen atoms in total. The van der Waals surface area contributed by atoms with Crippen LogP contribution in [0, 0.1) is 0 Å². The number of carbonyl (C=O) groups is 2. The number of carbonyl (C=O) groups excluding carboxylic acids is 2.